The lowest BCUT2D eigenvalue weighted by Gasteiger charge is -2.00. The lowest BCUT2D eigenvalue weighted by molar-refractivity contribution is -0.147. The van der Waals surface area contributed by atoms with Crippen molar-refractivity contribution in [3.63, 3.8) is 0 Å². The van der Waals surface area contributed by atoms with Crippen LogP contribution in [0.2, 0.25) is 0 Å². The third-order valence-electron chi connectivity index (χ3n) is 1.28. The van der Waals surface area contributed by atoms with Gasteiger partial charge in [0.25, 0.3) is 0 Å². The minimum absolute atomic E-state index is 0.118. The summed E-state index contributed by atoms with van der Waals surface area (Å²) in [6, 6.07) is 4.98. The minimum Gasteiger partial charge on any atom is -0.474 e. The molecule has 0 aromatic heterocycles. The Morgan fingerprint density at radius 3 is 2.62 bits per heavy atom. The molecule has 5 heteroatoms. The molecule has 0 unspecified atom stereocenters. The van der Waals surface area contributed by atoms with Crippen LogP contribution in [0, 0.1) is 5.82 Å². The highest BCUT2D eigenvalue weighted by atomic mass is 19.1. The summed E-state index contributed by atoms with van der Waals surface area (Å²) in [5.41, 5.74) is 0.118. The molecule has 1 aromatic carbocycles. The number of carboxylic acid groups (broad SMARTS) is 1. The summed E-state index contributed by atoms with van der Waals surface area (Å²) in [6.45, 7) is 0. The van der Waals surface area contributed by atoms with Crippen LogP contribution in [-0.2, 0) is 9.59 Å². The number of halogens is 1. The Morgan fingerprint density at radius 2 is 2.08 bits per heavy atom. The van der Waals surface area contributed by atoms with Crippen LogP contribution >= 0.6 is 0 Å². The fourth-order valence-electron chi connectivity index (χ4n) is 0.751. The van der Waals surface area contributed by atoms with Crippen molar-refractivity contribution in [3.8, 4) is 0 Å². The van der Waals surface area contributed by atoms with Gasteiger partial charge in [-0.2, -0.15) is 0 Å². The third-order valence-corrected chi connectivity index (χ3v) is 1.28. The molecule has 0 fully saturated rings. The Hall–Kier alpha value is -1.91. The van der Waals surface area contributed by atoms with Gasteiger partial charge in [0.15, 0.2) is 0 Å². The number of carboxylic acids is 1. The standard InChI is InChI=1S/C8H6FNO3/c9-5-2-1-3-6(4-5)10-7(11)8(12)13/h1-4H,(H,10,11)(H,12,13). The van der Waals surface area contributed by atoms with Gasteiger partial charge in [-0.1, -0.05) is 6.07 Å². The lowest BCUT2D eigenvalue weighted by Crippen LogP contribution is -2.21. The fraction of sp³-hybridized carbons (Fsp3) is 0. The maximum atomic E-state index is 12.5. The molecular formula is C8H6FNO3. The molecule has 1 aromatic rings. The van der Waals surface area contributed by atoms with Crippen LogP contribution in [-0.4, -0.2) is 17.0 Å². The molecule has 13 heavy (non-hydrogen) atoms. The number of aliphatic carboxylic acids is 1. The molecule has 2 N–H and O–H groups in total. The van der Waals surface area contributed by atoms with Gasteiger partial charge in [0, 0.05) is 5.69 Å². The summed E-state index contributed by atoms with van der Waals surface area (Å²) in [5, 5.41) is 10.2. The van der Waals surface area contributed by atoms with Gasteiger partial charge in [0.2, 0.25) is 0 Å². The highest BCUT2D eigenvalue weighted by Gasteiger charge is 2.10. The second-order valence-corrected chi connectivity index (χ2v) is 2.27. The van der Waals surface area contributed by atoms with Crippen molar-refractivity contribution in [3.05, 3.63) is 30.1 Å². The van der Waals surface area contributed by atoms with E-state index in [1.54, 1.807) is 0 Å². The Morgan fingerprint density at radius 1 is 1.38 bits per heavy atom. The van der Waals surface area contributed by atoms with Crippen LogP contribution in [0.1, 0.15) is 0 Å². The van der Waals surface area contributed by atoms with E-state index in [2.05, 4.69) is 0 Å². The van der Waals surface area contributed by atoms with Crippen molar-refractivity contribution < 1.29 is 19.1 Å². The van der Waals surface area contributed by atoms with Crippen LogP contribution in [0.4, 0.5) is 10.1 Å². The van der Waals surface area contributed by atoms with Gasteiger partial charge in [0.1, 0.15) is 5.82 Å². The average Bonchev–Trinajstić information content (AvgIpc) is 2.04. The monoisotopic (exact) mass is 183 g/mol. The fourth-order valence-corrected chi connectivity index (χ4v) is 0.751. The highest BCUT2D eigenvalue weighted by molar-refractivity contribution is 6.36. The first kappa shape index (κ1) is 9.18. The Kier molecular flexibility index (Phi) is 2.59. The molecule has 4 nitrogen and oxygen atoms in total. The number of hydrogen-bond donors (Lipinski definition) is 2. The van der Waals surface area contributed by atoms with E-state index in [0.717, 1.165) is 6.07 Å². The van der Waals surface area contributed by atoms with E-state index in [-0.39, 0.29) is 5.69 Å². The largest absolute Gasteiger partial charge is 0.474 e. The molecule has 0 aliphatic carbocycles. The zero-order chi connectivity index (χ0) is 9.84. The second-order valence-electron chi connectivity index (χ2n) is 2.27. The number of hydrogen-bond acceptors (Lipinski definition) is 2. The maximum absolute atomic E-state index is 12.5. The second kappa shape index (κ2) is 3.66. The Bertz CT molecular complexity index is 351. The first-order chi connectivity index (χ1) is 6.09. The van der Waals surface area contributed by atoms with Crippen molar-refractivity contribution in [1.82, 2.24) is 0 Å². The molecule has 1 rings (SSSR count). The van der Waals surface area contributed by atoms with E-state index in [9.17, 15) is 14.0 Å². The van der Waals surface area contributed by atoms with Gasteiger partial charge in [-0.05, 0) is 18.2 Å². The van der Waals surface area contributed by atoms with E-state index >= 15 is 0 Å². The number of rotatable bonds is 1. The molecule has 0 saturated carbocycles. The predicted molar refractivity (Wildman–Crippen MR) is 42.7 cm³/mol. The van der Waals surface area contributed by atoms with Crippen LogP contribution in [0.25, 0.3) is 0 Å². The topological polar surface area (TPSA) is 66.4 Å². The van der Waals surface area contributed by atoms with Crippen LogP contribution in [0.15, 0.2) is 24.3 Å². The van der Waals surface area contributed by atoms with Crippen LogP contribution in [0.5, 0.6) is 0 Å². The molecule has 0 saturated heterocycles. The lowest BCUT2D eigenvalue weighted by atomic mass is 10.3. The first-order valence-corrected chi connectivity index (χ1v) is 3.39. The van der Waals surface area contributed by atoms with E-state index in [1.807, 2.05) is 5.32 Å². The highest BCUT2D eigenvalue weighted by Crippen LogP contribution is 2.08. The van der Waals surface area contributed by atoms with Crippen molar-refractivity contribution >= 4 is 17.6 Å². The number of carbonyl (C=O) groups excluding carboxylic acids is 1. The molecule has 0 heterocycles. The normalized spacial score (nSPS) is 9.31. The number of carbonyl (C=O) groups is 2. The summed E-state index contributed by atoms with van der Waals surface area (Å²) in [6.07, 6.45) is 0. The van der Waals surface area contributed by atoms with E-state index in [4.69, 9.17) is 5.11 Å². The quantitative estimate of drug-likeness (QED) is 0.634. The molecule has 0 aliphatic heterocycles. The molecule has 0 bridgehead atoms. The van der Waals surface area contributed by atoms with Crippen molar-refractivity contribution in [2.24, 2.45) is 0 Å². The Balaban J connectivity index is 2.75. The van der Waals surface area contributed by atoms with Crippen molar-refractivity contribution in [1.29, 1.82) is 0 Å². The van der Waals surface area contributed by atoms with Gasteiger partial charge < -0.3 is 10.4 Å². The summed E-state index contributed by atoms with van der Waals surface area (Å²) in [4.78, 5) is 20.7. The predicted octanol–water partition coefficient (Wildman–Crippen LogP) is 0.849. The molecule has 68 valence electrons. The summed E-state index contributed by atoms with van der Waals surface area (Å²) < 4.78 is 12.5. The van der Waals surface area contributed by atoms with Gasteiger partial charge in [-0.25, -0.2) is 9.18 Å². The molecule has 0 radical (unpaired) electrons. The van der Waals surface area contributed by atoms with E-state index < -0.39 is 17.7 Å². The van der Waals surface area contributed by atoms with E-state index in [0.29, 0.717) is 0 Å². The molecule has 1 amide bonds. The number of nitrogens with one attached hydrogen (secondary N) is 1. The summed E-state index contributed by atoms with van der Waals surface area (Å²) >= 11 is 0. The molecule has 0 spiro atoms. The van der Waals surface area contributed by atoms with Crippen molar-refractivity contribution in [2.45, 2.75) is 0 Å². The molecule has 0 aliphatic rings. The third kappa shape index (κ3) is 2.55. The van der Waals surface area contributed by atoms with Gasteiger partial charge in [0.05, 0.1) is 0 Å². The van der Waals surface area contributed by atoms with Gasteiger partial charge >= 0.3 is 11.9 Å². The first-order valence-electron chi connectivity index (χ1n) is 3.39. The van der Waals surface area contributed by atoms with Crippen LogP contribution in [0.3, 0.4) is 0 Å². The average molecular weight is 183 g/mol. The number of anilines is 1. The smallest absolute Gasteiger partial charge is 0.394 e. The Labute approximate surface area is 73.0 Å². The molecular weight excluding hydrogens is 177 g/mol. The SMILES string of the molecule is O=C(O)C(=O)Nc1cccc(F)c1. The number of benzene rings is 1. The number of amides is 1. The maximum Gasteiger partial charge on any atom is 0.394 e. The molecule has 0 atom stereocenters. The summed E-state index contributed by atoms with van der Waals surface area (Å²) in [5.74, 6) is -3.34. The van der Waals surface area contributed by atoms with Crippen LogP contribution < -0.4 is 5.32 Å². The zero-order valence-corrected chi connectivity index (χ0v) is 6.45. The zero-order valence-electron chi connectivity index (χ0n) is 6.45. The summed E-state index contributed by atoms with van der Waals surface area (Å²) in [7, 11) is 0. The van der Waals surface area contributed by atoms with Gasteiger partial charge in [-0.3, -0.25) is 4.79 Å². The van der Waals surface area contributed by atoms with E-state index in [1.165, 1.54) is 18.2 Å². The van der Waals surface area contributed by atoms with Crippen molar-refractivity contribution in [2.75, 3.05) is 5.32 Å². The minimum atomic E-state index is -1.61. The van der Waals surface area contributed by atoms with Gasteiger partial charge in [-0.15, -0.1) is 0 Å².